The Kier molecular flexibility index (Phi) is 40.9. The van der Waals surface area contributed by atoms with Crippen molar-refractivity contribution in [1.82, 2.24) is 0 Å². The van der Waals surface area contributed by atoms with Crippen LogP contribution in [0.15, 0.2) is 11.6 Å². The molecule has 0 aromatic heterocycles. The van der Waals surface area contributed by atoms with Crippen molar-refractivity contribution in [3.63, 3.8) is 0 Å². The van der Waals surface area contributed by atoms with Gasteiger partial charge >= 0.3 is 12.1 Å². The van der Waals surface area contributed by atoms with E-state index in [9.17, 15) is 55.2 Å². The lowest BCUT2D eigenvalue weighted by Crippen LogP contribution is -2.61. The lowest BCUT2D eigenvalue weighted by molar-refractivity contribution is -0.326. The van der Waals surface area contributed by atoms with Crippen molar-refractivity contribution >= 4 is 17.9 Å². The second-order valence-electron chi connectivity index (χ2n) is 27.2. The Morgan fingerprint density at radius 1 is 0.604 bits per heavy atom. The number of carbonyl (C=O) groups is 3. The molecule has 7 unspecified atom stereocenters. The highest BCUT2D eigenvalue weighted by Gasteiger charge is 2.59. The smallest absolute Gasteiger partial charge is 0.465 e. The van der Waals surface area contributed by atoms with Crippen molar-refractivity contribution in [2.45, 2.75) is 186 Å². The van der Waals surface area contributed by atoms with Gasteiger partial charge in [-0.05, 0) is 104 Å². The first-order valence-electron chi connectivity index (χ1n) is 35.4. The van der Waals surface area contributed by atoms with Crippen molar-refractivity contribution in [3.8, 4) is 0 Å². The second kappa shape index (κ2) is 46.7. The van der Waals surface area contributed by atoms with E-state index in [2.05, 4.69) is 40.7 Å². The number of Topliss-reactive ketones (excluding diaryl/α,β-unsaturated/α-hetero) is 1. The predicted molar refractivity (Wildman–Crippen MR) is 346 cm³/mol. The summed E-state index contributed by atoms with van der Waals surface area (Å²) in [7, 11) is 1.63. The van der Waals surface area contributed by atoms with Gasteiger partial charge in [0.2, 0.25) is 0 Å². The molecule has 1 saturated heterocycles. The minimum Gasteiger partial charge on any atom is -0.465 e. The molecule has 1 heterocycles. The number of carbonyl (C=O) groups excluding carboxylic acids is 3. The summed E-state index contributed by atoms with van der Waals surface area (Å²) in [5, 5.41) is 83.7. The van der Waals surface area contributed by atoms with Gasteiger partial charge in [-0.15, -0.1) is 0 Å². The third kappa shape index (κ3) is 27.9. The lowest BCUT2D eigenvalue weighted by Gasteiger charge is -2.58. The summed E-state index contributed by atoms with van der Waals surface area (Å²) in [5.74, 6) is 0.396. The molecule has 5 rings (SSSR count). The molecule has 0 amide bonds. The van der Waals surface area contributed by atoms with Crippen LogP contribution in [0.4, 0.5) is 4.79 Å². The second-order valence-corrected chi connectivity index (χ2v) is 27.2. The largest absolute Gasteiger partial charge is 0.508 e. The molecule has 0 spiro atoms. The van der Waals surface area contributed by atoms with Gasteiger partial charge in [-0.1, -0.05) is 65.5 Å². The van der Waals surface area contributed by atoms with Crippen LogP contribution in [-0.4, -0.2) is 292 Å². The Balaban J connectivity index is 0.975. The van der Waals surface area contributed by atoms with E-state index in [0.29, 0.717) is 188 Å². The van der Waals surface area contributed by atoms with Crippen LogP contribution in [0, 0.1) is 52.3 Å². The van der Waals surface area contributed by atoms with E-state index < -0.39 is 111 Å². The van der Waals surface area contributed by atoms with Crippen LogP contribution in [0.5, 0.6) is 0 Å². The maximum Gasteiger partial charge on any atom is 0.508 e. The third-order valence-corrected chi connectivity index (χ3v) is 20.1. The number of unbranched alkanes of at least 4 members (excludes halogenated alkanes) is 1. The molecule has 0 radical (unpaired) electrons. The van der Waals surface area contributed by atoms with Crippen LogP contribution in [0.1, 0.15) is 125 Å². The summed E-state index contributed by atoms with van der Waals surface area (Å²) >= 11 is 0. The first-order valence-corrected chi connectivity index (χ1v) is 35.4. The molecule has 96 heavy (non-hydrogen) atoms. The Morgan fingerprint density at radius 2 is 1.14 bits per heavy atom. The first kappa shape index (κ1) is 84.0. The van der Waals surface area contributed by atoms with E-state index in [4.69, 9.17) is 75.8 Å². The fourth-order valence-electron chi connectivity index (χ4n) is 14.7. The summed E-state index contributed by atoms with van der Waals surface area (Å²) in [6.45, 7) is 18.5. The van der Waals surface area contributed by atoms with Crippen LogP contribution >= 0.6 is 0 Å². The summed E-state index contributed by atoms with van der Waals surface area (Å²) < 4.78 is 87.7. The number of hydrogen-bond donors (Lipinski definition) is 8. The molecule has 0 bridgehead atoms. The zero-order chi connectivity index (χ0) is 69.7. The molecule has 0 aromatic rings. The van der Waals surface area contributed by atoms with E-state index >= 15 is 0 Å². The molecule has 4 aliphatic carbocycles. The molecular formula is C69H122O27. The van der Waals surface area contributed by atoms with Crippen molar-refractivity contribution < 1.29 is 131 Å². The average molecular weight is 1380 g/mol. The number of fused-ring (bicyclic) bond motifs is 5. The van der Waals surface area contributed by atoms with Gasteiger partial charge < -0.3 is 117 Å². The predicted octanol–water partition coefficient (Wildman–Crippen LogP) is 3.52. The Labute approximate surface area is 568 Å². The third-order valence-electron chi connectivity index (χ3n) is 20.1. The van der Waals surface area contributed by atoms with Crippen LogP contribution in [-0.2, 0) is 85.4 Å². The quantitative estimate of drug-likeness (QED) is 0.0245. The van der Waals surface area contributed by atoms with E-state index in [1.165, 1.54) is 50.5 Å². The maximum absolute atomic E-state index is 13.8. The molecule has 18 atom stereocenters. The van der Waals surface area contributed by atoms with Gasteiger partial charge in [-0.2, -0.15) is 0 Å². The number of aliphatic hydroxyl groups is 8. The number of methoxy groups -OCH3 is 1. The van der Waals surface area contributed by atoms with Crippen LogP contribution in [0.25, 0.3) is 0 Å². The minimum atomic E-state index is -2.42. The number of hydrogen-bond acceptors (Lipinski definition) is 27. The monoisotopic (exact) mass is 1380 g/mol. The average Bonchev–Trinajstić information content (AvgIpc) is 1.39. The topological polar surface area (TPSA) is 361 Å². The molecule has 3 saturated carbocycles. The molecule has 1 aliphatic heterocycles. The van der Waals surface area contributed by atoms with Gasteiger partial charge in [-0.25, -0.2) is 4.79 Å². The zero-order valence-corrected chi connectivity index (χ0v) is 58.3. The van der Waals surface area contributed by atoms with Gasteiger partial charge in [-0.3, -0.25) is 9.59 Å². The summed E-state index contributed by atoms with van der Waals surface area (Å²) in [6.07, 6.45) is -5.23. The van der Waals surface area contributed by atoms with Crippen molar-refractivity contribution in [2.24, 2.45) is 52.3 Å². The lowest BCUT2D eigenvalue weighted by atomic mass is 9.47. The highest BCUT2D eigenvalue weighted by atomic mass is 16.7. The Bertz CT molecular complexity index is 2130. The SMILES string of the molecule is COCCOCCOCCOCCOCCOCCOCCOCCOCCOCCOCCCCOC(=O)[C@H](COC(=O)OC1CC[C@@]2(C)C(=CC[C@H]3[C@@H]4CC[C@H]([C@H](C)CCCC(C)C)[C@@]4(C)CC[C@@H]32)C1)CC(=O)C(O)C(O)C(O[C@@H]1OC(CO)[C@H](O)[C@H](O)C1O)C(O)CO. The molecule has 8 N–H and O–H groups in total. The Hall–Kier alpha value is -2.69. The van der Waals surface area contributed by atoms with Gasteiger partial charge in [0.05, 0.1) is 158 Å². The normalized spacial score (nSPS) is 28.4. The highest BCUT2D eigenvalue weighted by Crippen LogP contribution is 2.67. The van der Waals surface area contributed by atoms with Gasteiger partial charge in [0.25, 0.3) is 0 Å². The van der Waals surface area contributed by atoms with E-state index in [0.717, 1.165) is 30.6 Å². The van der Waals surface area contributed by atoms with Crippen molar-refractivity contribution in [3.05, 3.63) is 11.6 Å². The number of ether oxygens (including phenoxy) is 16. The van der Waals surface area contributed by atoms with Crippen molar-refractivity contribution in [2.75, 3.05) is 172 Å². The van der Waals surface area contributed by atoms with E-state index in [1.54, 1.807) is 7.11 Å². The zero-order valence-electron chi connectivity index (χ0n) is 58.3. The standard InChI is InChI=1S/C69H122O27/c1-47(2)10-9-11-48(3)53-14-15-54-52-13-12-50-43-51(16-18-68(50,4)55(52)17-19-69(53,54)5)94-67(80)93-46-49(42-56(72)59(74)62(77)64(57(73)44-70)96-66-63(78)61(76)60(75)58(45-71)95-66)65(79)92-21-8-7-20-82-24-25-84-28-29-86-32-33-88-36-37-90-40-41-91-39-38-89-35-34-87-31-30-85-27-26-83-23-22-81-6/h12,47-49,51-55,57-64,66,70-71,73-78H,7-11,13-46H2,1-6H3/t48-,49+,51?,52+,53-,54+,55+,57?,58?,59?,60+,61+,62?,63?,64?,66+,68+,69-/m1/s1. The maximum atomic E-state index is 13.8. The van der Waals surface area contributed by atoms with Crippen LogP contribution < -0.4 is 0 Å². The summed E-state index contributed by atoms with van der Waals surface area (Å²) in [5.41, 5.74) is 1.64. The van der Waals surface area contributed by atoms with Gasteiger partial charge in [0.1, 0.15) is 61.5 Å². The highest BCUT2D eigenvalue weighted by molar-refractivity contribution is 5.88. The number of ketones is 1. The number of aliphatic hydroxyl groups excluding tert-OH is 8. The van der Waals surface area contributed by atoms with Gasteiger partial charge in [0.15, 0.2) is 12.1 Å². The molecule has 27 nitrogen and oxygen atoms in total. The van der Waals surface area contributed by atoms with Crippen molar-refractivity contribution in [1.29, 1.82) is 0 Å². The Morgan fingerprint density at radius 3 is 1.66 bits per heavy atom. The summed E-state index contributed by atoms with van der Waals surface area (Å²) in [6, 6.07) is 0. The molecule has 0 aromatic carbocycles. The number of allylic oxidation sites excluding steroid dienone is 1. The van der Waals surface area contributed by atoms with Gasteiger partial charge in [0, 0.05) is 26.6 Å². The summed E-state index contributed by atoms with van der Waals surface area (Å²) in [4.78, 5) is 41.0. The molecule has 27 heteroatoms. The van der Waals surface area contributed by atoms with Crippen LogP contribution in [0.3, 0.4) is 0 Å². The fraction of sp³-hybridized carbons (Fsp3) is 0.928. The fourth-order valence-corrected chi connectivity index (χ4v) is 14.7. The number of rotatable bonds is 54. The van der Waals surface area contributed by atoms with E-state index in [1.807, 2.05) is 0 Å². The minimum absolute atomic E-state index is 0.0127. The van der Waals surface area contributed by atoms with Crippen LogP contribution in [0.2, 0.25) is 0 Å². The molecular weight excluding hydrogens is 1260 g/mol. The number of esters is 1. The molecule has 4 fully saturated rings. The molecule has 5 aliphatic rings. The first-order chi connectivity index (χ1) is 46.3. The molecule has 560 valence electrons. The van der Waals surface area contributed by atoms with E-state index in [-0.39, 0.29) is 12.0 Å².